The van der Waals surface area contributed by atoms with E-state index in [0.717, 1.165) is 0 Å². The number of carbonyl (C=O) groups excluding carboxylic acids is 2. The molecule has 1 heterocycles. The van der Waals surface area contributed by atoms with Crippen LogP contribution in [0.15, 0.2) is 24.3 Å². The Morgan fingerprint density at radius 3 is 2.50 bits per heavy atom. The number of aliphatic hydroxyl groups is 1. The maximum absolute atomic E-state index is 13.6. The van der Waals surface area contributed by atoms with Crippen molar-refractivity contribution in [3.8, 4) is 6.07 Å². The van der Waals surface area contributed by atoms with Crippen LogP contribution in [0.2, 0.25) is 5.02 Å². The van der Waals surface area contributed by atoms with Crippen LogP contribution >= 0.6 is 11.6 Å². The Balaban J connectivity index is 2.57. The molecule has 0 radical (unpaired) electrons. The number of piperidine rings is 1. The van der Waals surface area contributed by atoms with E-state index in [9.17, 15) is 33.1 Å². The normalized spacial score (nSPS) is 25.5. The van der Waals surface area contributed by atoms with Crippen LogP contribution in [0.5, 0.6) is 0 Å². The van der Waals surface area contributed by atoms with Crippen LogP contribution < -0.4 is 5.32 Å². The molecule has 140 valence electrons. The van der Waals surface area contributed by atoms with Gasteiger partial charge >= 0.3 is 6.18 Å². The monoisotopic (exact) mass is 390 g/mol. The molecule has 0 aliphatic carbocycles. The van der Waals surface area contributed by atoms with Gasteiger partial charge in [-0.05, 0) is 17.7 Å². The number of ether oxygens (including phenoxy) is 1. The van der Waals surface area contributed by atoms with E-state index in [1.54, 1.807) is 6.07 Å². The highest BCUT2D eigenvalue weighted by atomic mass is 35.5. The summed E-state index contributed by atoms with van der Waals surface area (Å²) in [6, 6.07) is 7.28. The van der Waals surface area contributed by atoms with Crippen molar-refractivity contribution < 1.29 is 32.6 Å². The van der Waals surface area contributed by atoms with Gasteiger partial charge in [0.25, 0.3) is 6.47 Å². The zero-order chi connectivity index (χ0) is 19.5. The third-order valence-corrected chi connectivity index (χ3v) is 4.69. The summed E-state index contributed by atoms with van der Waals surface area (Å²) < 4.78 is 45.1. The second-order valence-electron chi connectivity index (χ2n) is 5.86. The topological polar surface area (TPSA) is 99.4 Å². The minimum atomic E-state index is -5.17. The predicted molar refractivity (Wildman–Crippen MR) is 82.8 cm³/mol. The summed E-state index contributed by atoms with van der Waals surface area (Å²) in [7, 11) is 0. The fourth-order valence-corrected chi connectivity index (χ4v) is 3.24. The summed E-state index contributed by atoms with van der Waals surface area (Å²) in [4.78, 5) is 22.4. The first-order chi connectivity index (χ1) is 12.2. The fraction of sp³-hybridized carbons (Fsp3) is 0.438. The molecule has 2 rings (SSSR count). The van der Waals surface area contributed by atoms with Gasteiger partial charge in [-0.15, -0.1) is 0 Å². The molecule has 4 unspecified atom stereocenters. The first-order valence-corrected chi connectivity index (χ1v) is 7.80. The molecular weight excluding hydrogens is 377 g/mol. The smallest absolute Gasteiger partial charge is 0.420 e. The lowest BCUT2D eigenvalue weighted by Crippen LogP contribution is -2.63. The van der Waals surface area contributed by atoms with Gasteiger partial charge in [0.15, 0.2) is 5.60 Å². The number of benzene rings is 1. The molecule has 0 spiro atoms. The molecule has 1 aromatic carbocycles. The van der Waals surface area contributed by atoms with Crippen molar-refractivity contribution in [2.24, 2.45) is 11.8 Å². The van der Waals surface area contributed by atoms with Crippen molar-refractivity contribution in [1.82, 2.24) is 5.32 Å². The number of nitriles is 1. The van der Waals surface area contributed by atoms with Gasteiger partial charge in [0, 0.05) is 23.4 Å². The van der Waals surface area contributed by atoms with E-state index in [1.807, 2.05) is 0 Å². The van der Waals surface area contributed by atoms with Crippen molar-refractivity contribution in [2.45, 2.75) is 17.7 Å². The number of amides is 1. The van der Waals surface area contributed by atoms with Crippen molar-refractivity contribution in [2.75, 3.05) is 13.2 Å². The number of rotatable bonds is 5. The number of hydrogen-bond acceptors (Lipinski definition) is 5. The minimum absolute atomic E-state index is 0.211. The highest BCUT2D eigenvalue weighted by molar-refractivity contribution is 6.30. The Morgan fingerprint density at radius 2 is 2.00 bits per heavy atom. The molecule has 1 aliphatic rings. The molecule has 10 heteroatoms. The summed E-state index contributed by atoms with van der Waals surface area (Å²) in [5.74, 6) is -5.16. The molecule has 6 nitrogen and oxygen atoms in total. The molecule has 1 fully saturated rings. The van der Waals surface area contributed by atoms with Gasteiger partial charge in [-0.2, -0.15) is 18.4 Å². The van der Waals surface area contributed by atoms with E-state index in [-0.39, 0.29) is 12.0 Å². The number of nitrogens with zero attached hydrogens (tertiary/aromatic N) is 1. The molecule has 0 saturated carbocycles. The summed E-state index contributed by atoms with van der Waals surface area (Å²) in [5.41, 5.74) is -3.23. The first kappa shape index (κ1) is 20.0. The molecule has 1 aromatic rings. The van der Waals surface area contributed by atoms with Gasteiger partial charge in [-0.25, -0.2) is 0 Å². The second kappa shape index (κ2) is 7.51. The van der Waals surface area contributed by atoms with Gasteiger partial charge < -0.3 is 15.2 Å². The SMILES string of the molecule is N#CC1C(=O)NCC(C(O)(COC=O)C(F)(F)F)C1c1ccc(Cl)cc1. The molecule has 0 bridgehead atoms. The molecule has 2 N–H and O–H groups in total. The lowest BCUT2D eigenvalue weighted by atomic mass is 9.67. The van der Waals surface area contributed by atoms with Gasteiger partial charge in [-0.3, -0.25) is 9.59 Å². The zero-order valence-electron chi connectivity index (χ0n) is 13.2. The molecule has 26 heavy (non-hydrogen) atoms. The van der Waals surface area contributed by atoms with E-state index in [1.165, 1.54) is 24.3 Å². The molecule has 0 aromatic heterocycles. The van der Waals surface area contributed by atoms with Crippen LogP contribution in [0.4, 0.5) is 13.2 Å². The Kier molecular flexibility index (Phi) is 5.78. The number of alkyl halides is 3. The number of nitrogens with one attached hydrogen (secondary N) is 1. The van der Waals surface area contributed by atoms with Crippen LogP contribution in [0.3, 0.4) is 0 Å². The molecule has 1 amide bonds. The zero-order valence-corrected chi connectivity index (χ0v) is 13.9. The van der Waals surface area contributed by atoms with Gasteiger partial charge in [0.1, 0.15) is 12.5 Å². The number of carbonyl (C=O) groups is 2. The molecular formula is C16H14ClF3N2O4. The summed E-state index contributed by atoms with van der Waals surface area (Å²) in [5, 5.41) is 22.2. The van der Waals surface area contributed by atoms with Crippen LogP contribution in [-0.4, -0.2) is 42.4 Å². The quantitative estimate of drug-likeness (QED) is 0.746. The molecule has 4 atom stereocenters. The first-order valence-electron chi connectivity index (χ1n) is 7.43. The Hall–Kier alpha value is -2.31. The Morgan fingerprint density at radius 1 is 1.38 bits per heavy atom. The van der Waals surface area contributed by atoms with Crippen molar-refractivity contribution in [3.63, 3.8) is 0 Å². The minimum Gasteiger partial charge on any atom is -0.464 e. The third-order valence-electron chi connectivity index (χ3n) is 4.44. The maximum atomic E-state index is 13.6. The fourth-order valence-electron chi connectivity index (χ4n) is 3.12. The van der Waals surface area contributed by atoms with Crippen LogP contribution in [-0.2, 0) is 14.3 Å². The molecule has 1 saturated heterocycles. The van der Waals surface area contributed by atoms with Crippen LogP contribution in [0.25, 0.3) is 0 Å². The van der Waals surface area contributed by atoms with Crippen molar-refractivity contribution in [3.05, 3.63) is 34.9 Å². The average molecular weight is 391 g/mol. The van der Waals surface area contributed by atoms with Crippen LogP contribution in [0.1, 0.15) is 11.5 Å². The predicted octanol–water partition coefficient (Wildman–Crippen LogP) is 1.78. The summed E-state index contributed by atoms with van der Waals surface area (Å²) in [6.45, 7) is -2.12. The number of hydrogen-bond donors (Lipinski definition) is 2. The van der Waals surface area contributed by atoms with E-state index in [0.29, 0.717) is 5.02 Å². The van der Waals surface area contributed by atoms with Gasteiger partial charge in [0.2, 0.25) is 5.91 Å². The average Bonchev–Trinajstić information content (AvgIpc) is 2.59. The third kappa shape index (κ3) is 3.61. The lowest BCUT2D eigenvalue weighted by molar-refractivity contribution is -0.294. The largest absolute Gasteiger partial charge is 0.464 e. The van der Waals surface area contributed by atoms with E-state index in [2.05, 4.69) is 10.1 Å². The molecule has 1 aliphatic heterocycles. The second-order valence-corrected chi connectivity index (χ2v) is 6.30. The Bertz CT molecular complexity index is 720. The lowest BCUT2D eigenvalue weighted by Gasteiger charge is -2.44. The van der Waals surface area contributed by atoms with E-state index < -0.39 is 48.6 Å². The van der Waals surface area contributed by atoms with E-state index >= 15 is 0 Å². The van der Waals surface area contributed by atoms with Crippen LogP contribution in [0, 0.1) is 23.2 Å². The highest BCUT2D eigenvalue weighted by Gasteiger charge is 2.63. The van der Waals surface area contributed by atoms with Gasteiger partial charge in [-0.1, -0.05) is 23.7 Å². The van der Waals surface area contributed by atoms with E-state index in [4.69, 9.17) is 11.6 Å². The maximum Gasteiger partial charge on any atom is 0.420 e. The number of halogens is 4. The highest BCUT2D eigenvalue weighted by Crippen LogP contribution is 2.47. The van der Waals surface area contributed by atoms with Crippen molar-refractivity contribution in [1.29, 1.82) is 5.26 Å². The summed E-state index contributed by atoms with van der Waals surface area (Å²) >= 11 is 5.78. The summed E-state index contributed by atoms with van der Waals surface area (Å²) in [6.07, 6.45) is -5.17. The Labute approximate surface area is 151 Å². The standard InChI is InChI=1S/C16H14ClF3N2O4/c17-10-3-1-9(2-4-10)13-11(5-21)14(24)22-6-12(13)15(25,7-26-8-23)16(18,19)20/h1-4,8,11-13,25H,6-7H2,(H,22,24). The van der Waals surface area contributed by atoms with Crippen molar-refractivity contribution >= 4 is 24.0 Å². The van der Waals surface area contributed by atoms with Gasteiger partial charge in [0.05, 0.1) is 6.07 Å².